The minimum atomic E-state index is -1.56. The van der Waals surface area contributed by atoms with Crippen LogP contribution in [-0.4, -0.2) is 53.8 Å². The molecular formula is C18H20FN4O3S-. The van der Waals surface area contributed by atoms with Crippen LogP contribution in [0.2, 0.25) is 0 Å². The molecule has 1 saturated heterocycles. The number of nitrogens with zero attached hydrogens (tertiary/aromatic N) is 3. The van der Waals surface area contributed by atoms with E-state index < -0.39 is 22.8 Å². The number of carboxylic acids is 1. The third kappa shape index (κ3) is 3.46. The van der Waals surface area contributed by atoms with Crippen molar-refractivity contribution < 1.29 is 14.3 Å². The molecule has 0 amide bonds. The van der Waals surface area contributed by atoms with Crippen LogP contribution in [0.15, 0.2) is 23.1 Å². The molecule has 9 heteroatoms. The molecule has 2 heterocycles. The van der Waals surface area contributed by atoms with Gasteiger partial charge in [0, 0.05) is 51.4 Å². The van der Waals surface area contributed by atoms with Crippen molar-refractivity contribution in [2.45, 2.75) is 13.5 Å². The number of hydrogen-bond acceptors (Lipinski definition) is 5. The summed E-state index contributed by atoms with van der Waals surface area (Å²) in [5.41, 5.74) is -0.313. The molecule has 1 fully saturated rings. The van der Waals surface area contributed by atoms with Crippen LogP contribution in [0.5, 0.6) is 0 Å². The topological polar surface area (TPSA) is 80.6 Å². The van der Waals surface area contributed by atoms with Gasteiger partial charge in [-0.1, -0.05) is 0 Å². The van der Waals surface area contributed by atoms with Gasteiger partial charge in [0.05, 0.1) is 22.7 Å². The Labute approximate surface area is 161 Å². The normalized spacial score (nSPS) is 14.5. The predicted molar refractivity (Wildman–Crippen MR) is 104 cm³/mol. The second-order valence-corrected chi connectivity index (χ2v) is 6.68. The fraction of sp³-hybridized carbons (Fsp3) is 0.389. The standard InChI is InChI=1S/C18H21FN4O3S/c1-3-21-10-12(17(25)26)16(24)11-8-13(19)15(9-14(11)21)22-4-6-23(7-5-22)18(27)20-2/h8-10H,3-7H2,1-2H3,(H,20,27)(H,25,26)/p-1. The Kier molecular flexibility index (Phi) is 5.31. The average Bonchev–Trinajstić information content (AvgIpc) is 2.67. The van der Waals surface area contributed by atoms with Crippen LogP contribution in [-0.2, 0) is 6.54 Å². The molecule has 144 valence electrons. The van der Waals surface area contributed by atoms with Gasteiger partial charge in [0.15, 0.2) is 10.5 Å². The number of benzene rings is 1. The number of rotatable bonds is 3. The van der Waals surface area contributed by atoms with Gasteiger partial charge in [-0.2, -0.15) is 0 Å². The maximum absolute atomic E-state index is 14.8. The average molecular weight is 391 g/mol. The van der Waals surface area contributed by atoms with E-state index in [-0.39, 0.29) is 5.39 Å². The number of carbonyl (C=O) groups excluding carboxylic acids is 1. The Balaban J connectivity index is 2.03. The van der Waals surface area contributed by atoms with Crippen molar-refractivity contribution in [2.75, 3.05) is 38.1 Å². The molecule has 0 radical (unpaired) electrons. The van der Waals surface area contributed by atoms with Gasteiger partial charge >= 0.3 is 0 Å². The van der Waals surface area contributed by atoms with Crippen molar-refractivity contribution in [3.8, 4) is 0 Å². The maximum Gasteiger partial charge on any atom is 0.198 e. The van der Waals surface area contributed by atoms with Gasteiger partial charge in [-0.15, -0.1) is 0 Å². The molecule has 1 aliphatic rings. The minimum absolute atomic E-state index is 0.0368. The number of thiocarbonyl (C=S) groups is 1. The molecule has 0 bridgehead atoms. The predicted octanol–water partition coefficient (Wildman–Crippen LogP) is 0.150. The molecule has 0 unspecified atom stereocenters. The first-order chi connectivity index (χ1) is 12.9. The summed E-state index contributed by atoms with van der Waals surface area (Å²) in [7, 11) is 1.77. The number of aromatic nitrogens is 1. The van der Waals surface area contributed by atoms with Crippen molar-refractivity contribution in [3.63, 3.8) is 0 Å². The zero-order valence-corrected chi connectivity index (χ0v) is 15.9. The van der Waals surface area contributed by atoms with Crippen molar-refractivity contribution in [3.05, 3.63) is 39.9 Å². The molecular weight excluding hydrogens is 371 g/mol. The smallest absolute Gasteiger partial charge is 0.198 e. The Morgan fingerprint density at radius 2 is 1.96 bits per heavy atom. The lowest BCUT2D eigenvalue weighted by atomic mass is 10.1. The van der Waals surface area contributed by atoms with Crippen LogP contribution in [0.3, 0.4) is 0 Å². The summed E-state index contributed by atoms with van der Waals surface area (Å²) < 4.78 is 16.4. The lowest BCUT2D eigenvalue weighted by molar-refractivity contribution is -0.255. The summed E-state index contributed by atoms with van der Waals surface area (Å²) >= 11 is 5.23. The molecule has 7 nitrogen and oxygen atoms in total. The van der Waals surface area contributed by atoms with Gasteiger partial charge in [0.25, 0.3) is 0 Å². The molecule has 1 aromatic heterocycles. The van der Waals surface area contributed by atoms with E-state index in [9.17, 15) is 19.1 Å². The highest BCUT2D eigenvalue weighted by atomic mass is 32.1. The lowest BCUT2D eigenvalue weighted by Gasteiger charge is -2.37. The summed E-state index contributed by atoms with van der Waals surface area (Å²) in [5, 5.41) is 14.8. The van der Waals surface area contributed by atoms with Gasteiger partial charge in [-0.25, -0.2) is 4.39 Å². The fourth-order valence-electron chi connectivity index (χ4n) is 3.36. The van der Waals surface area contributed by atoms with Gasteiger partial charge in [0.2, 0.25) is 0 Å². The fourth-order valence-corrected chi connectivity index (χ4v) is 3.54. The number of halogens is 1. The van der Waals surface area contributed by atoms with E-state index >= 15 is 0 Å². The molecule has 3 rings (SSSR count). The molecule has 27 heavy (non-hydrogen) atoms. The Morgan fingerprint density at radius 1 is 1.30 bits per heavy atom. The van der Waals surface area contributed by atoms with E-state index in [2.05, 4.69) is 5.32 Å². The first kappa shape index (κ1) is 19.1. The van der Waals surface area contributed by atoms with Crippen molar-refractivity contribution in [1.29, 1.82) is 0 Å². The van der Waals surface area contributed by atoms with E-state index in [4.69, 9.17) is 12.2 Å². The summed E-state index contributed by atoms with van der Waals surface area (Å²) in [6, 6.07) is 2.73. The van der Waals surface area contributed by atoms with Gasteiger partial charge in [-0.05, 0) is 31.3 Å². The largest absolute Gasteiger partial charge is 0.545 e. The number of piperazine rings is 1. The lowest BCUT2D eigenvalue weighted by Crippen LogP contribution is -2.51. The van der Waals surface area contributed by atoms with Crippen molar-refractivity contribution >= 4 is 39.9 Å². The van der Waals surface area contributed by atoms with Crippen molar-refractivity contribution in [2.24, 2.45) is 0 Å². The monoisotopic (exact) mass is 391 g/mol. The molecule has 1 aromatic carbocycles. The van der Waals surface area contributed by atoms with E-state index in [1.54, 1.807) is 17.7 Å². The summed E-state index contributed by atoms with van der Waals surface area (Å²) in [6.45, 7) is 4.73. The number of anilines is 1. The summed E-state index contributed by atoms with van der Waals surface area (Å²) in [4.78, 5) is 27.5. The van der Waals surface area contributed by atoms with Gasteiger partial charge < -0.3 is 29.6 Å². The number of aryl methyl sites for hydroxylation is 1. The van der Waals surface area contributed by atoms with Crippen LogP contribution in [0, 0.1) is 5.82 Å². The van der Waals surface area contributed by atoms with Gasteiger partial charge in [0.1, 0.15) is 5.82 Å². The number of carbonyl (C=O) groups is 1. The molecule has 1 aliphatic heterocycles. The number of nitrogens with one attached hydrogen (secondary N) is 1. The number of hydrogen-bond donors (Lipinski definition) is 1. The second-order valence-electron chi connectivity index (χ2n) is 6.30. The second kappa shape index (κ2) is 7.51. The van der Waals surface area contributed by atoms with E-state index in [1.807, 2.05) is 16.7 Å². The van der Waals surface area contributed by atoms with Crippen LogP contribution in [0.1, 0.15) is 17.3 Å². The first-order valence-corrected chi connectivity index (χ1v) is 9.07. The molecule has 1 N–H and O–H groups in total. The Bertz CT molecular complexity index is 967. The molecule has 0 saturated carbocycles. The minimum Gasteiger partial charge on any atom is -0.545 e. The molecule has 0 spiro atoms. The van der Waals surface area contributed by atoms with E-state index in [0.29, 0.717) is 49.0 Å². The van der Waals surface area contributed by atoms with Crippen molar-refractivity contribution in [1.82, 2.24) is 14.8 Å². The van der Waals surface area contributed by atoms with E-state index in [1.165, 1.54) is 6.20 Å². The third-order valence-corrected chi connectivity index (χ3v) is 5.29. The number of pyridine rings is 1. The summed E-state index contributed by atoms with van der Waals surface area (Å²) in [5.74, 6) is -2.12. The maximum atomic E-state index is 14.8. The Morgan fingerprint density at radius 3 is 2.52 bits per heavy atom. The Hall–Kier alpha value is -2.68. The zero-order valence-electron chi connectivity index (χ0n) is 15.1. The highest BCUT2D eigenvalue weighted by molar-refractivity contribution is 7.80. The number of aromatic carboxylic acids is 1. The van der Waals surface area contributed by atoms with Gasteiger partial charge in [-0.3, -0.25) is 4.79 Å². The van der Waals surface area contributed by atoms with Crippen LogP contribution in [0.25, 0.3) is 10.9 Å². The number of carboxylic acid groups (broad SMARTS) is 1. The zero-order chi connectivity index (χ0) is 19.7. The van der Waals surface area contributed by atoms with Crippen LogP contribution in [0.4, 0.5) is 10.1 Å². The van der Waals surface area contributed by atoms with E-state index in [0.717, 1.165) is 6.07 Å². The quantitative estimate of drug-likeness (QED) is 0.746. The first-order valence-electron chi connectivity index (χ1n) is 8.67. The molecule has 2 aromatic rings. The number of fused-ring (bicyclic) bond motifs is 1. The SMILES string of the molecule is CCn1cc(C(=O)[O-])c(=O)c2cc(F)c(N3CCN(C(=S)NC)CC3)cc21. The van der Waals surface area contributed by atoms with Crippen LogP contribution < -0.4 is 20.8 Å². The molecule has 0 atom stereocenters. The van der Waals surface area contributed by atoms with Crippen LogP contribution >= 0.6 is 12.2 Å². The highest BCUT2D eigenvalue weighted by Gasteiger charge is 2.22. The highest BCUT2D eigenvalue weighted by Crippen LogP contribution is 2.26. The third-order valence-electron chi connectivity index (χ3n) is 4.83. The molecule has 0 aliphatic carbocycles. The summed E-state index contributed by atoms with van der Waals surface area (Å²) in [6.07, 6.45) is 1.25.